The normalized spacial score (nSPS) is 9.00. The number of primary amides is 1. The van der Waals surface area contributed by atoms with Crippen LogP contribution in [0.5, 0.6) is 0 Å². The minimum Gasteiger partial charge on any atom is -0.480 e. The molecule has 5 N–H and O–H groups in total. The summed E-state index contributed by atoms with van der Waals surface area (Å²) >= 11 is 0. The molecule has 0 unspecified atom stereocenters. The smallest absolute Gasteiger partial charge is 0.407 e. The van der Waals surface area contributed by atoms with Crippen molar-refractivity contribution >= 4 is 18.0 Å². The molecule has 8 nitrogen and oxygen atoms in total. The van der Waals surface area contributed by atoms with Crippen LogP contribution in [0.4, 0.5) is 4.79 Å². The van der Waals surface area contributed by atoms with Crippen LogP contribution in [0.15, 0.2) is 30.3 Å². The summed E-state index contributed by atoms with van der Waals surface area (Å²) in [6.07, 6.45) is -0.666. The van der Waals surface area contributed by atoms with Gasteiger partial charge in [-0.15, -0.1) is 0 Å². The number of carboxylic acids is 1. The number of carbonyl (C=O) groups is 3. The topological polar surface area (TPSA) is 139 Å². The zero-order valence-corrected chi connectivity index (χ0v) is 11.3. The van der Waals surface area contributed by atoms with Crippen molar-refractivity contribution < 1.29 is 29.3 Å². The van der Waals surface area contributed by atoms with Crippen molar-refractivity contribution in [2.24, 2.45) is 5.73 Å². The number of alkyl carbamates (subject to hydrolysis) is 1. The van der Waals surface area contributed by atoms with Crippen LogP contribution in [0.1, 0.15) is 12.0 Å². The Bertz CT molecular complexity index is 449. The number of aliphatic hydroxyl groups excluding tert-OH is 1. The summed E-state index contributed by atoms with van der Waals surface area (Å²) in [5.74, 6) is -1.57. The molecule has 0 fully saturated rings. The van der Waals surface area contributed by atoms with Gasteiger partial charge in [0.15, 0.2) is 0 Å². The van der Waals surface area contributed by atoms with E-state index in [1.165, 1.54) is 0 Å². The summed E-state index contributed by atoms with van der Waals surface area (Å²) in [7, 11) is 0. The highest BCUT2D eigenvalue weighted by molar-refractivity contribution is 5.76. The first-order valence-corrected chi connectivity index (χ1v) is 6.01. The lowest BCUT2D eigenvalue weighted by atomic mass is 10.2. The van der Waals surface area contributed by atoms with Gasteiger partial charge in [0.1, 0.15) is 13.2 Å². The lowest BCUT2D eigenvalue weighted by Gasteiger charge is -2.04. The minimum atomic E-state index is -1.10. The molecule has 0 aliphatic rings. The standard InChI is InChI=1S/C10H11NO4.C3H7NO2/c12-9(13)6-11-10(14)15-7-8-4-2-1-3-5-8;4-3(6)1-2-5/h1-5H,6-7H2,(H,11,14)(H,12,13);5H,1-2H2,(H2,4,6). The lowest BCUT2D eigenvalue weighted by Crippen LogP contribution is -2.29. The van der Waals surface area contributed by atoms with E-state index in [-0.39, 0.29) is 19.6 Å². The van der Waals surface area contributed by atoms with E-state index in [0.717, 1.165) is 5.56 Å². The summed E-state index contributed by atoms with van der Waals surface area (Å²) in [6, 6.07) is 9.13. The van der Waals surface area contributed by atoms with E-state index in [4.69, 9.17) is 14.9 Å². The van der Waals surface area contributed by atoms with Crippen molar-refractivity contribution in [3.05, 3.63) is 35.9 Å². The van der Waals surface area contributed by atoms with Gasteiger partial charge in [0.2, 0.25) is 5.91 Å². The number of ether oxygens (including phenoxy) is 1. The van der Waals surface area contributed by atoms with Gasteiger partial charge in [-0.1, -0.05) is 30.3 Å². The average molecular weight is 298 g/mol. The van der Waals surface area contributed by atoms with E-state index >= 15 is 0 Å². The second-order valence-corrected chi connectivity index (χ2v) is 3.75. The Hall–Kier alpha value is -2.61. The fraction of sp³-hybridized carbons (Fsp3) is 0.308. The van der Waals surface area contributed by atoms with Crippen LogP contribution in [-0.2, 0) is 20.9 Å². The first-order valence-electron chi connectivity index (χ1n) is 6.01. The zero-order chi connectivity index (χ0) is 16.1. The first-order chi connectivity index (χ1) is 9.95. The zero-order valence-electron chi connectivity index (χ0n) is 11.3. The highest BCUT2D eigenvalue weighted by atomic mass is 16.5. The van der Waals surface area contributed by atoms with E-state index < -0.39 is 24.5 Å². The number of carboxylic acid groups (broad SMARTS) is 1. The number of nitrogens with one attached hydrogen (secondary N) is 1. The molecule has 0 aliphatic heterocycles. The molecule has 1 aromatic carbocycles. The molecule has 0 atom stereocenters. The quantitative estimate of drug-likeness (QED) is 0.576. The molecule has 2 amide bonds. The monoisotopic (exact) mass is 298 g/mol. The number of aliphatic hydroxyl groups is 1. The maximum absolute atomic E-state index is 10.9. The van der Waals surface area contributed by atoms with Gasteiger partial charge in [0.05, 0.1) is 6.61 Å². The molecule has 1 rings (SSSR count). The number of benzene rings is 1. The first kappa shape index (κ1) is 18.4. The van der Waals surface area contributed by atoms with E-state index in [1.54, 1.807) is 0 Å². The third kappa shape index (κ3) is 12.2. The Labute approximate surface area is 121 Å². The maximum atomic E-state index is 10.9. The van der Waals surface area contributed by atoms with Crippen molar-refractivity contribution in [3.8, 4) is 0 Å². The van der Waals surface area contributed by atoms with Crippen LogP contribution in [0.25, 0.3) is 0 Å². The highest BCUT2D eigenvalue weighted by Gasteiger charge is 2.04. The van der Waals surface area contributed by atoms with Gasteiger partial charge in [-0.05, 0) is 5.56 Å². The molecule has 8 heteroatoms. The van der Waals surface area contributed by atoms with Gasteiger partial charge in [-0.2, -0.15) is 0 Å². The number of nitrogens with two attached hydrogens (primary N) is 1. The van der Waals surface area contributed by atoms with Gasteiger partial charge in [0.25, 0.3) is 0 Å². The summed E-state index contributed by atoms with van der Waals surface area (Å²) in [5.41, 5.74) is 5.45. The second kappa shape index (κ2) is 11.2. The Balaban J connectivity index is 0.000000567. The molecular formula is C13H18N2O6. The van der Waals surface area contributed by atoms with Gasteiger partial charge in [-0.25, -0.2) is 4.79 Å². The Kier molecular flexibility index (Phi) is 9.84. The maximum Gasteiger partial charge on any atom is 0.407 e. The van der Waals surface area contributed by atoms with Crippen molar-refractivity contribution in [1.82, 2.24) is 5.32 Å². The van der Waals surface area contributed by atoms with Crippen LogP contribution in [-0.4, -0.2) is 41.3 Å². The molecule has 0 spiro atoms. The van der Waals surface area contributed by atoms with E-state index in [0.29, 0.717) is 0 Å². The van der Waals surface area contributed by atoms with Crippen LogP contribution < -0.4 is 11.1 Å². The molecule has 21 heavy (non-hydrogen) atoms. The molecule has 0 radical (unpaired) electrons. The number of amides is 2. The fourth-order valence-corrected chi connectivity index (χ4v) is 1.03. The number of rotatable bonds is 6. The molecule has 0 saturated carbocycles. The number of hydrogen-bond acceptors (Lipinski definition) is 5. The predicted molar refractivity (Wildman–Crippen MR) is 73.2 cm³/mol. The van der Waals surface area contributed by atoms with Crippen LogP contribution in [0, 0.1) is 0 Å². The molecule has 0 bridgehead atoms. The molecule has 0 aliphatic carbocycles. The largest absolute Gasteiger partial charge is 0.480 e. The van der Waals surface area contributed by atoms with E-state index in [9.17, 15) is 14.4 Å². The van der Waals surface area contributed by atoms with E-state index in [1.807, 2.05) is 30.3 Å². The molecular weight excluding hydrogens is 280 g/mol. The highest BCUT2D eigenvalue weighted by Crippen LogP contribution is 2.00. The average Bonchev–Trinajstić information content (AvgIpc) is 2.44. The van der Waals surface area contributed by atoms with Gasteiger partial charge >= 0.3 is 12.1 Å². The second-order valence-electron chi connectivity index (χ2n) is 3.75. The summed E-state index contributed by atoms with van der Waals surface area (Å²) in [4.78, 5) is 30.7. The Morgan fingerprint density at radius 1 is 1.19 bits per heavy atom. The van der Waals surface area contributed by atoms with Gasteiger partial charge < -0.3 is 26.0 Å². The lowest BCUT2D eigenvalue weighted by molar-refractivity contribution is -0.135. The van der Waals surface area contributed by atoms with Crippen LogP contribution >= 0.6 is 0 Å². The number of hydrogen-bond donors (Lipinski definition) is 4. The Morgan fingerprint density at radius 2 is 1.81 bits per heavy atom. The predicted octanol–water partition coefficient (Wildman–Crippen LogP) is -0.148. The number of aliphatic carboxylic acids is 1. The van der Waals surface area contributed by atoms with Gasteiger partial charge in [-0.3, -0.25) is 9.59 Å². The summed E-state index contributed by atoms with van der Waals surface area (Å²) in [5, 5.41) is 18.3. The van der Waals surface area contributed by atoms with Crippen LogP contribution in [0.2, 0.25) is 0 Å². The minimum absolute atomic E-state index is 0.0694. The SMILES string of the molecule is NC(=O)CCO.O=C(O)CNC(=O)OCc1ccccc1. The molecule has 116 valence electrons. The third-order valence-electron chi connectivity index (χ3n) is 1.95. The Morgan fingerprint density at radius 3 is 2.24 bits per heavy atom. The van der Waals surface area contributed by atoms with Gasteiger partial charge in [0, 0.05) is 6.42 Å². The third-order valence-corrected chi connectivity index (χ3v) is 1.95. The molecule has 0 saturated heterocycles. The fourth-order valence-electron chi connectivity index (χ4n) is 1.03. The van der Waals surface area contributed by atoms with Crippen molar-refractivity contribution in [2.45, 2.75) is 13.0 Å². The molecule has 1 aromatic rings. The molecule has 0 aromatic heterocycles. The summed E-state index contributed by atoms with van der Waals surface area (Å²) < 4.78 is 4.77. The number of carbonyl (C=O) groups excluding carboxylic acids is 2. The molecule has 0 heterocycles. The van der Waals surface area contributed by atoms with Crippen molar-refractivity contribution in [3.63, 3.8) is 0 Å². The summed E-state index contributed by atoms with van der Waals surface area (Å²) in [6.45, 7) is -0.449. The van der Waals surface area contributed by atoms with Crippen LogP contribution in [0.3, 0.4) is 0 Å². The van der Waals surface area contributed by atoms with Crippen molar-refractivity contribution in [1.29, 1.82) is 0 Å². The van der Waals surface area contributed by atoms with Crippen molar-refractivity contribution in [2.75, 3.05) is 13.2 Å². The van der Waals surface area contributed by atoms with E-state index in [2.05, 4.69) is 11.1 Å².